The lowest BCUT2D eigenvalue weighted by molar-refractivity contribution is -0.383. The van der Waals surface area contributed by atoms with E-state index in [0.29, 0.717) is 26.3 Å². The summed E-state index contributed by atoms with van der Waals surface area (Å²) in [5.41, 5.74) is 2.01. The highest BCUT2D eigenvalue weighted by Gasteiger charge is 2.27. The van der Waals surface area contributed by atoms with E-state index in [4.69, 9.17) is 10.6 Å². The van der Waals surface area contributed by atoms with Crippen molar-refractivity contribution in [2.45, 2.75) is 6.42 Å². The number of hydrogen-bond donors (Lipinski definition) is 2. The molecule has 3 N–H and O–H groups in total. The lowest BCUT2D eigenvalue weighted by Crippen LogP contribution is -2.28. The molecule has 0 aliphatic carbocycles. The maximum absolute atomic E-state index is 11.1. The van der Waals surface area contributed by atoms with E-state index >= 15 is 0 Å². The van der Waals surface area contributed by atoms with Gasteiger partial charge in [0.05, 0.1) is 11.5 Å². The van der Waals surface area contributed by atoms with Crippen LogP contribution < -0.4 is 16.2 Å². The molecule has 0 bridgehead atoms. The summed E-state index contributed by atoms with van der Waals surface area (Å²) in [5.74, 6) is 5.51. The van der Waals surface area contributed by atoms with Gasteiger partial charge in [0.2, 0.25) is 11.6 Å². The van der Waals surface area contributed by atoms with E-state index in [1.165, 1.54) is 6.33 Å². The van der Waals surface area contributed by atoms with Crippen molar-refractivity contribution in [1.82, 2.24) is 9.97 Å². The zero-order valence-corrected chi connectivity index (χ0v) is 9.70. The molecule has 98 valence electrons. The number of nitrogens with one attached hydrogen (secondary N) is 1. The number of hydrazine groups is 1. The third-order valence-electron chi connectivity index (χ3n) is 2.64. The van der Waals surface area contributed by atoms with Gasteiger partial charge >= 0.3 is 5.69 Å². The molecule has 0 unspecified atom stereocenters. The molecule has 1 aromatic rings. The Labute approximate surface area is 103 Å². The number of hydrogen-bond acceptors (Lipinski definition) is 8. The normalized spacial score (nSPS) is 16.2. The Morgan fingerprint density at radius 2 is 2.28 bits per heavy atom. The van der Waals surface area contributed by atoms with Gasteiger partial charge < -0.3 is 15.1 Å². The second-order valence-corrected chi connectivity index (χ2v) is 3.75. The van der Waals surface area contributed by atoms with Gasteiger partial charge in [0.1, 0.15) is 6.33 Å². The molecule has 2 heterocycles. The Kier molecular flexibility index (Phi) is 3.85. The van der Waals surface area contributed by atoms with Gasteiger partial charge in [-0.05, 0) is 6.42 Å². The number of nitrogens with zero attached hydrogens (tertiary/aromatic N) is 4. The fourth-order valence-electron chi connectivity index (χ4n) is 1.83. The first-order valence-electron chi connectivity index (χ1n) is 5.52. The second-order valence-electron chi connectivity index (χ2n) is 3.75. The molecule has 9 nitrogen and oxygen atoms in total. The minimum Gasteiger partial charge on any atom is -0.380 e. The van der Waals surface area contributed by atoms with Gasteiger partial charge in [-0.2, -0.15) is 0 Å². The lowest BCUT2D eigenvalue weighted by Gasteiger charge is -2.20. The van der Waals surface area contributed by atoms with Crippen LogP contribution in [0.1, 0.15) is 6.42 Å². The third kappa shape index (κ3) is 2.46. The Balaban J connectivity index is 2.38. The molecule has 18 heavy (non-hydrogen) atoms. The molecule has 1 aromatic heterocycles. The van der Waals surface area contributed by atoms with E-state index in [1.807, 2.05) is 4.90 Å². The van der Waals surface area contributed by atoms with Crippen LogP contribution in [0.2, 0.25) is 0 Å². The van der Waals surface area contributed by atoms with Crippen LogP contribution in [0.3, 0.4) is 0 Å². The predicted octanol–water partition coefficient (Wildman–Crippen LogP) is -0.103. The fraction of sp³-hybridized carbons (Fsp3) is 0.556. The minimum atomic E-state index is -0.531. The summed E-state index contributed by atoms with van der Waals surface area (Å²) in [4.78, 5) is 20.1. The third-order valence-corrected chi connectivity index (χ3v) is 2.64. The van der Waals surface area contributed by atoms with E-state index in [2.05, 4.69) is 15.4 Å². The largest absolute Gasteiger partial charge is 0.380 e. The van der Waals surface area contributed by atoms with Gasteiger partial charge in [0.15, 0.2) is 0 Å². The molecule has 0 saturated carbocycles. The second kappa shape index (κ2) is 5.56. The molecule has 1 aliphatic heterocycles. The van der Waals surface area contributed by atoms with Crippen molar-refractivity contribution in [3.05, 3.63) is 16.4 Å². The zero-order chi connectivity index (χ0) is 13.0. The molecular formula is C9H14N6O3. The lowest BCUT2D eigenvalue weighted by atomic mass is 10.3. The van der Waals surface area contributed by atoms with E-state index in [1.54, 1.807) is 0 Å². The highest BCUT2D eigenvalue weighted by molar-refractivity contribution is 5.69. The van der Waals surface area contributed by atoms with Crippen LogP contribution in [0.4, 0.5) is 17.3 Å². The predicted molar refractivity (Wildman–Crippen MR) is 64.1 cm³/mol. The van der Waals surface area contributed by atoms with Crippen LogP contribution in [0.5, 0.6) is 0 Å². The summed E-state index contributed by atoms with van der Waals surface area (Å²) < 4.78 is 5.31. The SMILES string of the molecule is NNc1ncnc(N2CCCOCC2)c1[N+](=O)[O-]. The summed E-state index contributed by atoms with van der Waals surface area (Å²) in [6, 6.07) is 0. The Bertz CT molecular complexity index is 432. The number of rotatable bonds is 3. The molecule has 9 heteroatoms. The van der Waals surface area contributed by atoms with E-state index in [0.717, 1.165) is 6.42 Å². The van der Waals surface area contributed by atoms with Crippen molar-refractivity contribution in [1.29, 1.82) is 0 Å². The van der Waals surface area contributed by atoms with Crippen molar-refractivity contribution in [2.24, 2.45) is 5.84 Å². The van der Waals surface area contributed by atoms with Crippen LogP contribution in [-0.2, 0) is 4.74 Å². The smallest absolute Gasteiger partial charge is 0.354 e. The number of nitrogens with two attached hydrogens (primary N) is 1. The number of nitrogen functional groups attached to an aromatic ring is 1. The molecule has 0 radical (unpaired) electrons. The maximum atomic E-state index is 11.1. The summed E-state index contributed by atoms with van der Waals surface area (Å²) in [6.07, 6.45) is 2.05. The van der Waals surface area contributed by atoms with Crippen molar-refractivity contribution in [3.8, 4) is 0 Å². The highest BCUT2D eigenvalue weighted by atomic mass is 16.6. The standard InChI is InChI=1S/C9H14N6O3/c10-13-8-7(15(16)17)9(12-6-11-8)14-2-1-4-18-5-3-14/h6H,1-5,10H2,(H,11,12,13). The van der Waals surface area contributed by atoms with E-state index < -0.39 is 4.92 Å². The number of anilines is 2. The Morgan fingerprint density at radius 1 is 1.44 bits per heavy atom. The summed E-state index contributed by atoms with van der Waals surface area (Å²) >= 11 is 0. The number of aromatic nitrogens is 2. The van der Waals surface area contributed by atoms with E-state index in [9.17, 15) is 10.1 Å². The Morgan fingerprint density at radius 3 is 3.00 bits per heavy atom. The molecule has 0 aromatic carbocycles. The first-order valence-corrected chi connectivity index (χ1v) is 5.52. The first kappa shape index (κ1) is 12.5. The van der Waals surface area contributed by atoms with Gasteiger partial charge in [-0.1, -0.05) is 0 Å². The van der Waals surface area contributed by atoms with Crippen LogP contribution >= 0.6 is 0 Å². The molecule has 1 fully saturated rings. The summed E-state index contributed by atoms with van der Waals surface area (Å²) in [7, 11) is 0. The van der Waals surface area contributed by atoms with Gasteiger partial charge in [0.25, 0.3) is 0 Å². The average molecular weight is 254 g/mol. The van der Waals surface area contributed by atoms with E-state index in [-0.39, 0.29) is 17.3 Å². The molecule has 0 spiro atoms. The van der Waals surface area contributed by atoms with Crippen molar-refractivity contribution in [2.75, 3.05) is 36.6 Å². The summed E-state index contributed by atoms with van der Waals surface area (Å²) in [5, 5.41) is 11.1. The molecule has 0 atom stereocenters. The summed E-state index contributed by atoms with van der Waals surface area (Å²) in [6.45, 7) is 2.38. The zero-order valence-electron chi connectivity index (χ0n) is 9.70. The molecular weight excluding hydrogens is 240 g/mol. The number of nitro groups is 1. The molecule has 2 rings (SSSR count). The average Bonchev–Trinajstić information content (AvgIpc) is 2.66. The van der Waals surface area contributed by atoms with Gasteiger partial charge in [-0.15, -0.1) is 0 Å². The van der Waals surface area contributed by atoms with Gasteiger partial charge in [-0.3, -0.25) is 10.1 Å². The van der Waals surface area contributed by atoms with Gasteiger partial charge in [0, 0.05) is 19.7 Å². The van der Waals surface area contributed by atoms with Crippen LogP contribution in [0.15, 0.2) is 6.33 Å². The van der Waals surface area contributed by atoms with Gasteiger partial charge in [-0.25, -0.2) is 15.8 Å². The highest BCUT2D eigenvalue weighted by Crippen LogP contribution is 2.31. The topological polar surface area (TPSA) is 119 Å². The van der Waals surface area contributed by atoms with Crippen molar-refractivity contribution in [3.63, 3.8) is 0 Å². The van der Waals surface area contributed by atoms with Crippen LogP contribution in [0, 0.1) is 10.1 Å². The fourth-order valence-corrected chi connectivity index (χ4v) is 1.83. The van der Waals surface area contributed by atoms with Crippen molar-refractivity contribution >= 4 is 17.3 Å². The quantitative estimate of drug-likeness (QED) is 0.436. The van der Waals surface area contributed by atoms with Crippen LogP contribution in [0.25, 0.3) is 0 Å². The minimum absolute atomic E-state index is 0.00941. The number of ether oxygens (including phenoxy) is 1. The first-order chi connectivity index (χ1) is 8.74. The monoisotopic (exact) mass is 254 g/mol. The molecule has 1 saturated heterocycles. The van der Waals surface area contributed by atoms with Crippen LogP contribution in [-0.4, -0.2) is 41.2 Å². The van der Waals surface area contributed by atoms with Crippen molar-refractivity contribution < 1.29 is 9.66 Å². The maximum Gasteiger partial charge on any atom is 0.354 e. The Hall–Kier alpha value is -2.00. The molecule has 0 amide bonds. The molecule has 1 aliphatic rings.